The van der Waals surface area contributed by atoms with Crippen molar-refractivity contribution < 1.29 is 35.9 Å². The summed E-state index contributed by atoms with van der Waals surface area (Å²) in [6.45, 7) is 0.653. The van der Waals surface area contributed by atoms with Gasteiger partial charge in [0.25, 0.3) is 0 Å². The van der Waals surface area contributed by atoms with E-state index in [0.29, 0.717) is 6.61 Å². The van der Waals surface area contributed by atoms with Gasteiger partial charge in [-0.1, -0.05) is 12.1 Å². The third-order valence-corrected chi connectivity index (χ3v) is 7.65. The zero-order chi connectivity index (χ0) is 22.4. The summed E-state index contributed by atoms with van der Waals surface area (Å²) in [6.07, 6.45) is -2.99. The van der Waals surface area contributed by atoms with Crippen molar-refractivity contribution in [3.63, 3.8) is 0 Å². The minimum absolute atomic E-state index is 0.0171. The Bertz CT molecular complexity index is 995. The van der Waals surface area contributed by atoms with Gasteiger partial charge in [-0.3, -0.25) is 9.59 Å². The lowest BCUT2D eigenvalue weighted by Crippen LogP contribution is -2.51. The minimum atomic E-state index is -4.45. The van der Waals surface area contributed by atoms with Crippen molar-refractivity contribution in [2.75, 3.05) is 18.1 Å². The van der Waals surface area contributed by atoms with Crippen LogP contribution in [0.2, 0.25) is 0 Å². The first-order valence-electron chi connectivity index (χ1n) is 10.1. The maximum absolute atomic E-state index is 12.7. The number of carbonyl (C=O) groups is 2. The Morgan fingerprint density at radius 1 is 1.13 bits per heavy atom. The highest BCUT2D eigenvalue weighted by atomic mass is 32.2. The van der Waals surface area contributed by atoms with E-state index in [0.717, 1.165) is 29.7 Å². The Balaban J connectivity index is 1.37. The second-order valence-corrected chi connectivity index (χ2v) is 10.6. The number of benzene rings is 1. The van der Waals surface area contributed by atoms with Crippen molar-refractivity contribution in [3.05, 3.63) is 29.3 Å². The molecule has 11 heteroatoms. The van der Waals surface area contributed by atoms with E-state index in [1.54, 1.807) is 12.1 Å². The van der Waals surface area contributed by atoms with E-state index in [9.17, 15) is 31.2 Å². The van der Waals surface area contributed by atoms with Crippen LogP contribution >= 0.6 is 0 Å². The Kier molecular flexibility index (Phi) is 5.65. The largest absolute Gasteiger partial charge is 0.493 e. The van der Waals surface area contributed by atoms with Gasteiger partial charge in [0.05, 0.1) is 48.5 Å². The van der Waals surface area contributed by atoms with E-state index >= 15 is 0 Å². The molecule has 7 nitrogen and oxygen atoms in total. The normalized spacial score (nSPS) is 28.9. The van der Waals surface area contributed by atoms with Crippen LogP contribution in [0.3, 0.4) is 0 Å². The molecule has 1 aromatic carbocycles. The van der Waals surface area contributed by atoms with Crippen LogP contribution in [0.25, 0.3) is 0 Å². The van der Waals surface area contributed by atoms with Crippen LogP contribution in [0.1, 0.15) is 24.0 Å². The SMILES string of the molecule is O=C(Cc1ccc2c(c1)CCCO2)NC1CS(=O)(=O)CC1NC(=O)[C@@H]1C[C@H]1C(F)(F)F. The highest BCUT2D eigenvalue weighted by Gasteiger charge is 2.59. The monoisotopic (exact) mass is 460 g/mol. The quantitative estimate of drug-likeness (QED) is 0.687. The first-order chi connectivity index (χ1) is 14.5. The number of sulfone groups is 1. The molecule has 3 aliphatic rings. The smallest absolute Gasteiger partial charge is 0.392 e. The average Bonchev–Trinajstić information content (AvgIpc) is 3.43. The molecule has 2 N–H and O–H groups in total. The van der Waals surface area contributed by atoms with Crippen LogP contribution in [0, 0.1) is 11.8 Å². The molecule has 2 heterocycles. The van der Waals surface area contributed by atoms with Crippen molar-refractivity contribution in [2.24, 2.45) is 11.8 Å². The topological polar surface area (TPSA) is 102 Å². The van der Waals surface area contributed by atoms with Gasteiger partial charge in [-0.2, -0.15) is 13.2 Å². The molecule has 1 saturated heterocycles. The van der Waals surface area contributed by atoms with Crippen molar-refractivity contribution in [1.29, 1.82) is 0 Å². The number of rotatable bonds is 5. The summed E-state index contributed by atoms with van der Waals surface area (Å²) in [5.74, 6) is -4.12. The summed E-state index contributed by atoms with van der Waals surface area (Å²) in [6, 6.07) is 3.60. The van der Waals surface area contributed by atoms with E-state index in [1.165, 1.54) is 0 Å². The highest BCUT2D eigenvalue weighted by Crippen LogP contribution is 2.50. The molecular weight excluding hydrogens is 437 g/mol. The molecule has 0 bridgehead atoms. The van der Waals surface area contributed by atoms with Gasteiger partial charge in [-0.05, 0) is 36.5 Å². The third-order valence-electron chi connectivity index (χ3n) is 5.91. The van der Waals surface area contributed by atoms with Crippen molar-refractivity contribution in [3.8, 4) is 5.75 Å². The number of fused-ring (bicyclic) bond motifs is 1. The number of ether oxygens (including phenoxy) is 1. The molecule has 2 fully saturated rings. The van der Waals surface area contributed by atoms with Gasteiger partial charge in [0, 0.05) is 0 Å². The standard InChI is InChI=1S/C20H23F3N2O5S/c21-20(22,23)14-8-13(14)19(27)25-16-10-31(28,29)9-15(16)24-18(26)7-11-3-4-17-12(6-11)2-1-5-30-17/h3-4,6,13-16H,1-2,5,7-10H2,(H,24,26)(H,25,27)/t13-,14-,15?,16?/m1/s1. The van der Waals surface area contributed by atoms with Crippen LogP contribution in [0.15, 0.2) is 18.2 Å². The molecule has 4 rings (SSSR count). The molecule has 1 aromatic rings. The van der Waals surface area contributed by atoms with Gasteiger partial charge in [0.1, 0.15) is 5.75 Å². The molecule has 2 aliphatic heterocycles. The fourth-order valence-electron chi connectivity index (χ4n) is 4.24. The van der Waals surface area contributed by atoms with Crippen LogP contribution < -0.4 is 15.4 Å². The Morgan fingerprint density at radius 3 is 2.52 bits per heavy atom. The van der Waals surface area contributed by atoms with Gasteiger partial charge >= 0.3 is 6.18 Å². The van der Waals surface area contributed by atoms with Crippen molar-refractivity contribution in [1.82, 2.24) is 10.6 Å². The first-order valence-corrected chi connectivity index (χ1v) is 12.0. The number of hydrogen-bond donors (Lipinski definition) is 2. The molecule has 0 aromatic heterocycles. The number of halogens is 3. The van der Waals surface area contributed by atoms with E-state index in [-0.39, 0.29) is 18.6 Å². The van der Waals surface area contributed by atoms with Crippen LogP contribution in [0.4, 0.5) is 13.2 Å². The Morgan fingerprint density at radius 2 is 1.84 bits per heavy atom. The zero-order valence-electron chi connectivity index (χ0n) is 16.6. The van der Waals surface area contributed by atoms with Crippen molar-refractivity contribution in [2.45, 2.75) is 43.9 Å². The van der Waals surface area contributed by atoms with Crippen LogP contribution in [-0.2, 0) is 32.3 Å². The number of nitrogens with one attached hydrogen (secondary N) is 2. The lowest BCUT2D eigenvalue weighted by molar-refractivity contribution is -0.155. The van der Waals surface area contributed by atoms with Gasteiger partial charge in [-0.25, -0.2) is 8.42 Å². The second kappa shape index (κ2) is 7.99. The molecule has 170 valence electrons. The molecule has 1 saturated carbocycles. The van der Waals surface area contributed by atoms with E-state index in [2.05, 4.69) is 10.6 Å². The summed E-state index contributed by atoms with van der Waals surface area (Å²) < 4.78 is 67.8. The summed E-state index contributed by atoms with van der Waals surface area (Å²) in [7, 11) is -3.54. The average molecular weight is 460 g/mol. The van der Waals surface area contributed by atoms with E-state index in [4.69, 9.17) is 4.74 Å². The third kappa shape index (κ3) is 5.13. The maximum Gasteiger partial charge on any atom is 0.392 e. The highest BCUT2D eigenvalue weighted by molar-refractivity contribution is 7.91. The van der Waals surface area contributed by atoms with Gasteiger partial charge in [0.2, 0.25) is 11.8 Å². The van der Waals surface area contributed by atoms with Gasteiger partial charge in [0.15, 0.2) is 9.84 Å². The van der Waals surface area contributed by atoms with E-state index in [1.807, 2.05) is 6.07 Å². The summed E-state index contributed by atoms with van der Waals surface area (Å²) in [4.78, 5) is 24.7. The fraction of sp³-hybridized carbons (Fsp3) is 0.600. The molecule has 2 amide bonds. The molecule has 4 atom stereocenters. The number of carbonyl (C=O) groups excluding carboxylic acids is 2. The number of aryl methyl sites for hydroxylation is 1. The Labute approximate surface area is 177 Å². The van der Waals surface area contributed by atoms with Gasteiger partial charge in [-0.15, -0.1) is 0 Å². The lowest BCUT2D eigenvalue weighted by Gasteiger charge is -2.21. The summed E-state index contributed by atoms with van der Waals surface area (Å²) in [5, 5.41) is 5.04. The fourth-order valence-corrected chi connectivity index (χ4v) is 6.10. The molecule has 0 radical (unpaired) electrons. The lowest BCUT2D eigenvalue weighted by atomic mass is 10.0. The predicted molar refractivity (Wildman–Crippen MR) is 104 cm³/mol. The zero-order valence-corrected chi connectivity index (χ0v) is 17.4. The van der Waals surface area contributed by atoms with Crippen molar-refractivity contribution >= 4 is 21.7 Å². The molecule has 2 unspecified atom stereocenters. The minimum Gasteiger partial charge on any atom is -0.493 e. The molecular formula is C20H23F3N2O5S. The summed E-state index contributed by atoms with van der Waals surface area (Å²) >= 11 is 0. The van der Waals surface area contributed by atoms with E-state index < -0.39 is 57.5 Å². The molecule has 1 aliphatic carbocycles. The number of amides is 2. The predicted octanol–water partition coefficient (Wildman–Crippen LogP) is 1.15. The molecule has 0 spiro atoms. The Hall–Kier alpha value is -2.30. The maximum atomic E-state index is 12.7. The van der Waals surface area contributed by atoms with Crippen LogP contribution in [-0.4, -0.2) is 56.6 Å². The second-order valence-electron chi connectivity index (χ2n) is 8.43. The summed E-state index contributed by atoms with van der Waals surface area (Å²) in [5.41, 5.74) is 1.75. The number of hydrogen-bond acceptors (Lipinski definition) is 5. The molecule has 31 heavy (non-hydrogen) atoms. The number of alkyl halides is 3. The van der Waals surface area contributed by atoms with Gasteiger partial charge < -0.3 is 15.4 Å². The van der Waals surface area contributed by atoms with Crippen LogP contribution in [0.5, 0.6) is 5.75 Å². The first kappa shape index (κ1) is 21.9.